The van der Waals surface area contributed by atoms with E-state index >= 15 is 0 Å². The van der Waals surface area contributed by atoms with Gasteiger partial charge >= 0.3 is 0 Å². The van der Waals surface area contributed by atoms with E-state index in [1.54, 1.807) is 13.0 Å². The van der Waals surface area contributed by atoms with Gasteiger partial charge in [-0.3, -0.25) is 14.5 Å². The average Bonchev–Trinajstić information content (AvgIpc) is 2.56. The smallest absolute Gasteiger partial charge is 0.293 e. The van der Waals surface area contributed by atoms with Gasteiger partial charge < -0.3 is 0 Å². The Morgan fingerprint density at radius 2 is 1.94 bits per heavy atom. The van der Waals surface area contributed by atoms with E-state index in [1.807, 2.05) is 19.9 Å². The lowest BCUT2D eigenvalue weighted by Crippen LogP contribution is -2.30. The number of Topliss-reactive ketones (excluding diaryl/α,β-unsaturated/α-hetero) is 1. The van der Waals surface area contributed by atoms with E-state index in [9.17, 15) is 9.59 Å². The summed E-state index contributed by atoms with van der Waals surface area (Å²) in [5.74, 6) is 4.67. The maximum Gasteiger partial charge on any atom is 0.300 e. The molecule has 0 radical (unpaired) electrons. The third-order valence-corrected chi connectivity index (χ3v) is 3.07. The molecule has 0 N–H and O–H groups in total. The maximum atomic E-state index is 11.8. The number of benzene rings is 1. The summed E-state index contributed by atoms with van der Waals surface area (Å²) >= 11 is 0. The van der Waals surface area contributed by atoms with Gasteiger partial charge in [-0.1, -0.05) is 12.0 Å². The largest absolute Gasteiger partial charge is 0.300 e. The van der Waals surface area contributed by atoms with Gasteiger partial charge in [0, 0.05) is 0 Å². The SMILES string of the molecule is CC#CCN1C(=O)C(=O)c2ccc(C)c(C)c21. The summed E-state index contributed by atoms with van der Waals surface area (Å²) in [5, 5.41) is 0. The second-order valence-corrected chi connectivity index (χ2v) is 4.05. The highest BCUT2D eigenvalue weighted by Gasteiger charge is 2.36. The van der Waals surface area contributed by atoms with Crippen molar-refractivity contribution in [2.75, 3.05) is 11.4 Å². The fourth-order valence-electron chi connectivity index (χ4n) is 1.98. The second kappa shape index (κ2) is 4.06. The molecular weight excluding hydrogens is 214 g/mol. The third-order valence-electron chi connectivity index (χ3n) is 3.07. The average molecular weight is 227 g/mol. The lowest BCUT2D eigenvalue weighted by Gasteiger charge is -2.16. The topological polar surface area (TPSA) is 37.4 Å². The Balaban J connectivity index is 2.60. The van der Waals surface area contributed by atoms with Crippen molar-refractivity contribution >= 4 is 17.4 Å². The standard InChI is InChI=1S/C14H13NO2/c1-4-5-8-15-12-10(3)9(2)6-7-11(12)13(16)14(15)17/h6-7H,8H2,1-3H3. The molecule has 1 aromatic carbocycles. The Morgan fingerprint density at radius 3 is 2.59 bits per heavy atom. The van der Waals surface area contributed by atoms with Gasteiger partial charge in [0.15, 0.2) is 0 Å². The first-order valence-corrected chi connectivity index (χ1v) is 5.44. The van der Waals surface area contributed by atoms with Crippen molar-refractivity contribution in [2.24, 2.45) is 0 Å². The molecule has 17 heavy (non-hydrogen) atoms. The summed E-state index contributed by atoms with van der Waals surface area (Å²) < 4.78 is 0. The first-order chi connectivity index (χ1) is 8.07. The first kappa shape index (κ1) is 11.4. The highest BCUT2D eigenvalue weighted by Crippen LogP contribution is 2.33. The summed E-state index contributed by atoms with van der Waals surface area (Å²) in [6, 6.07) is 3.59. The van der Waals surface area contributed by atoms with Crippen LogP contribution in [-0.4, -0.2) is 18.2 Å². The Labute approximate surface area is 100 Å². The Kier molecular flexibility index (Phi) is 2.72. The fraction of sp³-hybridized carbons (Fsp3) is 0.286. The molecule has 1 aromatic rings. The molecule has 2 rings (SSSR count). The monoisotopic (exact) mass is 227 g/mol. The van der Waals surface area contributed by atoms with Gasteiger partial charge in [0.1, 0.15) is 0 Å². The molecule has 1 heterocycles. The molecular formula is C14H13NO2. The molecule has 0 saturated carbocycles. The number of carbonyl (C=O) groups is 2. The van der Waals surface area contributed by atoms with Gasteiger partial charge in [-0.15, -0.1) is 5.92 Å². The summed E-state index contributed by atoms with van der Waals surface area (Å²) in [4.78, 5) is 25.1. The van der Waals surface area contributed by atoms with Crippen molar-refractivity contribution in [3.63, 3.8) is 0 Å². The first-order valence-electron chi connectivity index (χ1n) is 5.44. The number of fused-ring (bicyclic) bond motifs is 1. The second-order valence-electron chi connectivity index (χ2n) is 4.05. The van der Waals surface area contributed by atoms with Crippen LogP contribution in [0, 0.1) is 25.7 Å². The number of ketones is 1. The molecule has 3 nitrogen and oxygen atoms in total. The van der Waals surface area contributed by atoms with Crippen LogP contribution in [0.5, 0.6) is 0 Å². The van der Waals surface area contributed by atoms with Crippen LogP contribution in [0.3, 0.4) is 0 Å². The molecule has 0 spiro atoms. The van der Waals surface area contributed by atoms with E-state index in [0.717, 1.165) is 16.8 Å². The number of aryl methyl sites for hydroxylation is 1. The van der Waals surface area contributed by atoms with Crippen molar-refractivity contribution in [3.8, 4) is 11.8 Å². The normalized spacial score (nSPS) is 13.5. The molecule has 0 aromatic heterocycles. The Hall–Kier alpha value is -2.08. The van der Waals surface area contributed by atoms with Crippen molar-refractivity contribution < 1.29 is 9.59 Å². The van der Waals surface area contributed by atoms with E-state index in [1.165, 1.54) is 4.90 Å². The van der Waals surface area contributed by atoms with Gasteiger partial charge in [-0.2, -0.15) is 0 Å². The number of nitrogens with zero attached hydrogens (tertiary/aromatic N) is 1. The number of hydrogen-bond donors (Lipinski definition) is 0. The molecule has 3 heteroatoms. The van der Waals surface area contributed by atoms with Gasteiger partial charge in [0.2, 0.25) is 0 Å². The van der Waals surface area contributed by atoms with Crippen LogP contribution < -0.4 is 4.90 Å². The number of hydrogen-bond acceptors (Lipinski definition) is 2. The molecule has 86 valence electrons. The molecule has 0 fully saturated rings. The molecule has 1 amide bonds. The van der Waals surface area contributed by atoms with Crippen LogP contribution in [-0.2, 0) is 4.79 Å². The van der Waals surface area contributed by atoms with Crippen molar-refractivity contribution in [1.82, 2.24) is 0 Å². The Morgan fingerprint density at radius 1 is 1.24 bits per heavy atom. The molecule has 0 aliphatic carbocycles. The number of carbonyl (C=O) groups excluding carboxylic acids is 2. The zero-order chi connectivity index (χ0) is 12.6. The number of anilines is 1. The fourth-order valence-corrected chi connectivity index (χ4v) is 1.98. The molecule has 1 aliphatic heterocycles. The third kappa shape index (κ3) is 1.62. The van der Waals surface area contributed by atoms with E-state index in [-0.39, 0.29) is 6.54 Å². The predicted octanol–water partition coefficient (Wildman–Crippen LogP) is 1.86. The predicted molar refractivity (Wildman–Crippen MR) is 66.0 cm³/mol. The maximum absolute atomic E-state index is 11.8. The highest BCUT2D eigenvalue weighted by molar-refractivity contribution is 6.52. The van der Waals surface area contributed by atoms with Gasteiger partial charge in [0.25, 0.3) is 11.7 Å². The van der Waals surface area contributed by atoms with E-state index in [2.05, 4.69) is 11.8 Å². The van der Waals surface area contributed by atoms with Crippen LogP contribution in [0.4, 0.5) is 5.69 Å². The van der Waals surface area contributed by atoms with Gasteiger partial charge in [-0.05, 0) is 38.0 Å². The van der Waals surface area contributed by atoms with Gasteiger partial charge in [-0.25, -0.2) is 0 Å². The minimum Gasteiger partial charge on any atom is -0.293 e. The number of amides is 1. The highest BCUT2D eigenvalue weighted by atomic mass is 16.2. The van der Waals surface area contributed by atoms with Crippen LogP contribution >= 0.6 is 0 Å². The molecule has 0 atom stereocenters. The van der Waals surface area contributed by atoms with Crippen molar-refractivity contribution in [1.29, 1.82) is 0 Å². The summed E-state index contributed by atoms with van der Waals surface area (Å²) in [7, 11) is 0. The summed E-state index contributed by atoms with van der Waals surface area (Å²) in [5.41, 5.74) is 3.26. The quantitative estimate of drug-likeness (QED) is 0.542. The molecule has 0 saturated heterocycles. The van der Waals surface area contributed by atoms with Crippen LogP contribution in [0.2, 0.25) is 0 Å². The summed E-state index contributed by atoms with van der Waals surface area (Å²) in [6.45, 7) is 5.88. The minimum atomic E-state index is -0.476. The van der Waals surface area contributed by atoms with Crippen LogP contribution in [0.15, 0.2) is 12.1 Å². The number of rotatable bonds is 1. The Bertz CT molecular complexity index is 576. The van der Waals surface area contributed by atoms with Crippen LogP contribution in [0.25, 0.3) is 0 Å². The zero-order valence-corrected chi connectivity index (χ0v) is 10.1. The van der Waals surface area contributed by atoms with Gasteiger partial charge in [0.05, 0.1) is 17.8 Å². The summed E-state index contributed by atoms with van der Waals surface area (Å²) in [6.07, 6.45) is 0. The lowest BCUT2D eigenvalue weighted by molar-refractivity contribution is -0.114. The van der Waals surface area contributed by atoms with Crippen molar-refractivity contribution in [3.05, 3.63) is 28.8 Å². The molecule has 1 aliphatic rings. The van der Waals surface area contributed by atoms with Crippen molar-refractivity contribution in [2.45, 2.75) is 20.8 Å². The lowest BCUT2D eigenvalue weighted by atomic mass is 10.0. The van der Waals surface area contributed by atoms with E-state index in [0.29, 0.717) is 5.56 Å². The van der Waals surface area contributed by atoms with Crippen LogP contribution in [0.1, 0.15) is 28.4 Å². The zero-order valence-electron chi connectivity index (χ0n) is 10.1. The van der Waals surface area contributed by atoms with E-state index in [4.69, 9.17) is 0 Å². The van der Waals surface area contributed by atoms with E-state index < -0.39 is 11.7 Å². The minimum absolute atomic E-state index is 0.276. The molecule has 0 bridgehead atoms. The molecule has 0 unspecified atom stereocenters.